The third-order valence-electron chi connectivity index (χ3n) is 5.44. The summed E-state index contributed by atoms with van der Waals surface area (Å²) in [6.07, 6.45) is 5.20. The predicted octanol–water partition coefficient (Wildman–Crippen LogP) is 1.98. The number of hydrogen-bond acceptors (Lipinski definition) is 4. The molecule has 2 saturated carbocycles. The van der Waals surface area contributed by atoms with Gasteiger partial charge in [0.25, 0.3) is 5.56 Å². The van der Waals surface area contributed by atoms with Crippen molar-refractivity contribution in [3.63, 3.8) is 0 Å². The van der Waals surface area contributed by atoms with E-state index in [1.165, 1.54) is 25.6 Å². The Hall–Kier alpha value is -1.52. The molecule has 1 aromatic heterocycles. The molecule has 104 valence electrons. The third-order valence-corrected chi connectivity index (χ3v) is 5.44. The van der Waals surface area contributed by atoms with E-state index in [1.807, 2.05) is 0 Å². The second-order valence-corrected chi connectivity index (χ2v) is 6.99. The first-order chi connectivity index (χ1) is 8.84. The van der Waals surface area contributed by atoms with Gasteiger partial charge in [-0.1, -0.05) is 20.8 Å². The highest BCUT2D eigenvalue weighted by Gasteiger charge is 2.59. The van der Waals surface area contributed by atoms with Gasteiger partial charge in [0.1, 0.15) is 5.69 Å². The molecule has 2 aliphatic rings. The molecule has 0 spiro atoms. The number of aromatic amines is 1. The molecule has 5 heteroatoms. The molecule has 0 aliphatic heterocycles. The third kappa shape index (κ3) is 1.67. The molecule has 3 rings (SSSR count). The van der Waals surface area contributed by atoms with Crippen LogP contribution in [0.15, 0.2) is 11.1 Å². The number of anilines is 2. The lowest BCUT2D eigenvalue weighted by Gasteiger charge is -2.43. The van der Waals surface area contributed by atoms with E-state index in [0.717, 1.165) is 5.92 Å². The molecule has 1 heterocycles. The van der Waals surface area contributed by atoms with Gasteiger partial charge < -0.3 is 16.0 Å². The maximum atomic E-state index is 11.6. The fourth-order valence-electron chi connectivity index (χ4n) is 4.32. The van der Waals surface area contributed by atoms with Gasteiger partial charge in [-0.2, -0.15) is 0 Å². The molecule has 3 atom stereocenters. The Kier molecular flexibility index (Phi) is 2.46. The summed E-state index contributed by atoms with van der Waals surface area (Å²) in [5.41, 5.74) is 6.23. The number of nitrogens with two attached hydrogens (primary N) is 1. The lowest BCUT2D eigenvalue weighted by molar-refractivity contribution is 0.155. The molecule has 5 nitrogen and oxygen atoms in total. The summed E-state index contributed by atoms with van der Waals surface area (Å²) < 4.78 is 0. The zero-order valence-corrected chi connectivity index (χ0v) is 11.8. The Labute approximate surface area is 113 Å². The molecular formula is C14H22N4O. The van der Waals surface area contributed by atoms with Crippen LogP contribution in [0, 0.1) is 16.7 Å². The van der Waals surface area contributed by atoms with Crippen LogP contribution < -0.4 is 16.6 Å². The van der Waals surface area contributed by atoms with E-state index >= 15 is 0 Å². The number of nitrogens with zero attached hydrogens (tertiary/aromatic N) is 1. The Morgan fingerprint density at radius 2 is 2.21 bits per heavy atom. The van der Waals surface area contributed by atoms with Crippen molar-refractivity contribution < 1.29 is 0 Å². The summed E-state index contributed by atoms with van der Waals surface area (Å²) in [5, 5.41) is 3.46. The van der Waals surface area contributed by atoms with Crippen molar-refractivity contribution in [1.29, 1.82) is 0 Å². The predicted molar refractivity (Wildman–Crippen MR) is 75.9 cm³/mol. The Morgan fingerprint density at radius 1 is 1.47 bits per heavy atom. The number of hydrogen-bond donors (Lipinski definition) is 3. The van der Waals surface area contributed by atoms with Crippen LogP contribution in [-0.4, -0.2) is 16.0 Å². The lowest BCUT2D eigenvalue weighted by atomic mass is 9.68. The molecule has 3 unspecified atom stereocenters. The molecule has 1 aromatic rings. The van der Waals surface area contributed by atoms with Crippen molar-refractivity contribution >= 4 is 11.5 Å². The summed E-state index contributed by atoms with van der Waals surface area (Å²) in [5.74, 6) is 1.27. The van der Waals surface area contributed by atoms with Crippen LogP contribution in [0.3, 0.4) is 0 Å². The van der Waals surface area contributed by atoms with Gasteiger partial charge in [0, 0.05) is 6.04 Å². The Balaban J connectivity index is 1.95. The number of fused-ring (bicyclic) bond motifs is 2. The largest absolute Gasteiger partial charge is 0.391 e. The molecule has 0 saturated heterocycles. The highest BCUT2D eigenvalue weighted by molar-refractivity contribution is 5.60. The fraction of sp³-hybridized carbons (Fsp3) is 0.714. The number of nitrogen functional groups attached to an aromatic ring is 1. The van der Waals surface area contributed by atoms with Gasteiger partial charge in [0.05, 0.1) is 6.33 Å². The zero-order valence-electron chi connectivity index (χ0n) is 11.8. The second-order valence-electron chi connectivity index (χ2n) is 6.99. The first-order valence-corrected chi connectivity index (χ1v) is 6.94. The van der Waals surface area contributed by atoms with E-state index in [4.69, 9.17) is 5.73 Å². The average molecular weight is 262 g/mol. The topological polar surface area (TPSA) is 83.8 Å². The highest BCUT2D eigenvalue weighted by atomic mass is 16.1. The van der Waals surface area contributed by atoms with Crippen LogP contribution in [0.4, 0.5) is 11.5 Å². The van der Waals surface area contributed by atoms with Gasteiger partial charge in [0.2, 0.25) is 0 Å². The average Bonchev–Trinajstić information content (AvgIpc) is 2.81. The van der Waals surface area contributed by atoms with E-state index < -0.39 is 0 Å². The Morgan fingerprint density at radius 3 is 2.84 bits per heavy atom. The van der Waals surface area contributed by atoms with Gasteiger partial charge in [-0.05, 0) is 36.0 Å². The summed E-state index contributed by atoms with van der Waals surface area (Å²) in [7, 11) is 0. The van der Waals surface area contributed by atoms with Crippen LogP contribution in [-0.2, 0) is 0 Å². The van der Waals surface area contributed by atoms with Crippen molar-refractivity contribution in [2.45, 2.75) is 46.1 Å². The summed E-state index contributed by atoms with van der Waals surface area (Å²) in [6, 6.07) is 0.315. The minimum atomic E-state index is -0.274. The normalized spacial score (nSPS) is 35.5. The van der Waals surface area contributed by atoms with Crippen molar-refractivity contribution in [1.82, 2.24) is 9.97 Å². The summed E-state index contributed by atoms with van der Waals surface area (Å²) in [6.45, 7) is 6.95. The number of nitrogens with one attached hydrogen (secondary N) is 2. The Bertz CT molecular complexity index is 560. The minimum absolute atomic E-state index is 0.185. The molecule has 0 amide bonds. The van der Waals surface area contributed by atoms with Crippen LogP contribution in [0.5, 0.6) is 0 Å². The number of H-pyrrole nitrogens is 1. The zero-order chi connectivity index (χ0) is 13.8. The van der Waals surface area contributed by atoms with Crippen molar-refractivity contribution in [3.05, 3.63) is 16.7 Å². The molecule has 0 radical (unpaired) electrons. The molecule has 2 bridgehead atoms. The van der Waals surface area contributed by atoms with Crippen molar-refractivity contribution in [2.75, 3.05) is 11.1 Å². The van der Waals surface area contributed by atoms with Gasteiger partial charge in [-0.15, -0.1) is 0 Å². The van der Waals surface area contributed by atoms with E-state index in [1.54, 1.807) is 0 Å². The van der Waals surface area contributed by atoms with Crippen LogP contribution in [0.25, 0.3) is 0 Å². The maximum Gasteiger partial charge on any atom is 0.276 e. The standard InChI is InChI=1S/C14H22N4O/c1-13(2)8-4-5-14(3,6-8)12(13)18-10-9(15)11(19)17-7-16-10/h7-8,12H,4-6,15H2,1-3H3,(H2,16,17,18,19). The molecule has 19 heavy (non-hydrogen) atoms. The summed E-state index contributed by atoms with van der Waals surface area (Å²) >= 11 is 0. The maximum absolute atomic E-state index is 11.6. The molecule has 2 aliphatic carbocycles. The van der Waals surface area contributed by atoms with Gasteiger partial charge in [0.15, 0.2) is 5.82 Å². The van der Waals surface area contributed by atoms with Gasteiger partial charge >= 0.3 is 0 Å². The van der Waals surface area contributed by atoms with Crippen LogP contribution in [0.2, 0.25) is 0 Å². The van der Waals surface area contributed by atoms with Crippen LogP contribution >= 0.6 is 0 Å². The monoisotopic (exact) mass is 262 g/mol. The number of aromatic nitrogens is 2. The first kappa shape index (κ1) is 12.5. The smallest absolute Gasteiger partial charge is 0.276 e. The SMILES string of the molecule is CC12CCC(C1)C(C)(C)C2Nc1nc[nH]c(=O)c1N. The molecular weight excluding hydrogens is 240 g/mol. The first-order valence-electron chi connectivity index (χ1n) is 6.94. The number of rotatable bonds is 2. The van der Waals surface area contributed by atoms with E-state index in [2.05, 4.69) is 36.1 Å². The quantitative estimate of drug-likeness (QED) is 0.761. The fourth-order valence-corrected chi connectivity index (χ4v) is 4.32. The van der Waals surface area contributed by atoms with Crippen molar-refractivity contribution in [3.8, 4) is 0 Å². The van der Waals surface area contributed by atoms with E-state index in [0.29, 0.717) is 11.9 Å². The van der Waals surface area contributed by atoms with Gasteiger partial charge in [-0.3, -0.25) is 4.79 Å². The van der Waals surface area contributed by atoms with E-state index in [-0.39, 0.29) is 22.1 Å². The summed E-state index contributed by atoms with van der Waals surface area (Å²) in [4.78, 5) is 18.2. The molecule has 4 N–H and O–H groups in total. The molecule has 2 fully saturated rings. The van der Waals surface area contributed by atoms with E-state index in [9.17, 15) is 4.79 Å². The van der Waals surface area contributed by atoms with Crippen molar-refractivity contribution in [2.24, 2.45) is 16.7 Å². The lowest BCUT2D eigenvalue weighted by Crippen LogP contribution is -2.46. The van der Waals surface area contributed by atoms with Crippen LogP contribution in [0.1, 0.15) is 40.0 Å². The van der Waals surface area contributed by atoms with Gasteiger partial charge in [-0.25, -0.2) is 4.98 Å². The second kappa shape index (κ2) is 3.74. The minimum Gasteiger partial charge on any atom is -0.391 e. The molecule has 0 aromatic carbocycles. The highest BCUT2D eigenvalue weighted by Crippen LogP contribution is 2.63.